The second kappa shape index (κ2) is 5.95. The first-order chi connectivity index (χ1) is 11.5. The van der Waals surface area contributed by atoms with Crippen molar-refractivity contribution in [3.05, 3.63) is 40.2 Å². The Morgan fingerprint density at radius 3 is 2.44 bits per heavy atom. The SMILES string of the molecule is CC(C)(C)c1nc2cc(NC(=O)c3cnc(C(C)(C)C)s3)ccc2o1. The van der Waals surface area contributed by atoms with E-state index in [-0.39, 0.29) is 16.7 Å². The molecule has 132 valence electrons. The molecule has 1 amide bonds. The van der Waals surface area contributed by atoms with Gasteiger partial charge in [-0.2, -0.15) is 0 Å². The zero-order valence-electron chi connectivity index (χ0n) is 15.4. The van der Waals surface area contributed by atoms with E-state index in [1.165, 1.54) is 11.3 Å². The van der Waals surface area contributed by atoms with Gasteiger partial charge in [0.15, 0.2) is 5.58 Å². The van der Waals surface area contributed by atoms with Crippen LogP contribution in [0.25, 0.3) is 11.1 Å². The number of carbonyl (C=O) groups is 1. The van der Waals surface area contributed by atoms with Gasteiger partial charge in [0.1, 0.15) is 10.4 Å². The highest BCUT2D eigenvalue weighted by Gasteiger charge is 2.22. The van der Waals surface area contributed by atoms with Crippen molar-refractivity contribution in [2.45, 2.75) is 52.4 Å². The number of oxazole rings is 1. The molecule has 0 aliphatic rings. The van der Waals surface area contributed by atoms with Crippen LogP contribution in [0.4, 0.5) is 5.69 Å². The summed E-state index contributed by atoms with van der Waals surface area (Å²) in [6.07, 6.45) is 1.63. The quantitative estimate of drug-likeness (QED) is 0.690. The lowest BCUT2D eigenvalue weighted by Crippen LogP contribution is -2.11. The summed E-state index contributed by atoms with van der Waals surface area (Å²) in [5.74, 6) is 0.523. The summed E-state index contributed by atoms with van der Waals surface area (Å²) in [5, 5.41) is 3.86. The molecule has 0 radical (unpaired) electrons. The van der Waals surface area contributed by atoms with Crippen LogP contribution in [0.1, 0.15) is 62.1 Å². The van der Waals surface area contributed by atoms with Crippen molar-refractivity contribution in [3.8, 4) is 0 Å². The minimum atomic E-state index is -0.160. The smallest absolute Gasteiger partial charge is 0.267 e. The second-order valence-corrected chi connectivity index (χ2v) is 9.22. The number of nitrogens with one attached hydrogen (secondary N) is 1. The Balaban J connectivity index is 1.82. The van der Waals surface area contributed by atoms with Crippen LogP contribution < -0.4 is 5.32 Å². The number of fused-ring (bicyclic) bond motifs is 1. The molecule has 5 nitrogen and oxygen atoms in total. The minimum absolute atomic E-state index is 0.0633. The van der Waals surface area contributed by atoms with Gasteiger partial charge in [-0.25, -0.2) is 9.97 Å². The Morgan fingerprint density at radius 1 is 1.12 bits per heavy atom. The molecule has 0 spiro atoms. The molecule has 0 saturated heterocycles. The van der Waals surface area contributed by atoms with E-state index in [2.05, 4.69) is 56.8 Å². The number of aromatic nitrogens is 2. The van der Waals surface area contributed by atoms with E-state index in [1.54, 1.807) is 6.20 Å². The number of thiazole rings is 1. The van der Waals surface area contributed by atoms with Gasteiger partial charge >= 0.3 is 0 Å². The average Bonchev–Trinajstić information content (AvgIpc) is 3.12. The molecule has 2 heterocycles. The molecule has 3 rings (SSSR count). The van der Waals surface area contributed by atoms with Gasteiger partial charge in [-0.15, -0.1) is 11.3 Å². The Hall–Kier alpha value is -2.21. The number of amides is 1. The molecule has 6 heteroatoms. The maximum Gasteiger partial charge on any atom is 0.267 e. The van der Waals surface area contributed by atoms with Gasteiger partial charge in [-0.05, 0) is 18.2 Å². The summed E-state index contributed by atoms with van der Waals surface area (Å²) in [6, 6.07) is 5.49. The molecule has 3 aromatic rings. The van der Waals surface area contributed by atoms with Crippen molar-refractivity contribution >= 4 is 34.0 Å². The third-order valence-corrected chi connectivity index (χ3v) is 5.08. The summed E-state index contributed by atoms with van der Waals surface area (Å²) in [5.41, 5.74) is 1.93. The van der Waals surface area contributed by atoms with Crippen LogP contribution in [0, 0.1) is 0 Å². The lowest BCUT2D eigenvalue weighted by molar-refractivity contribution is 0.103. The number of carbonyl (C=O) groups excluding carboxylic acids is 1. The van der Waals surface area contributed by atoms with Crippen molar-refractivity contribution in [1.82, 2.24) is 9.97 Å². The highest BCUT2D eigenvalue weighted by molar-refractivity contribution is 7.13. The van der Waals surface area contributed by atoms with E-state index in [0.717, 1.165) is 16.1 Å². The van der Waals surface area contributed by atoms with Crippen molar-refractivity contribution in [2.24, 2.45) is 0 Å². The fourth-order valence-corrected chi connectivity index (χ4v) is 3.11. The van der Waals surface area contributed by atoms with Gasteiger partial charge in [-0.1, -0.05) is 41.5 Å². The number of hydrogen-bond acceptors (Lipinski definition) is 5. The number of nitrogens with zero attached hydrogens (tertiary/aromatic N) is 2. The van der Waals surface area contributed by atoms with Crippen molar-refractivity contribution in [2.75, 3.05) is 5.32 Å². The molecule has 1 aromatic carbocycles. The number of rotatable bonds is 2. The van der Waals surface area contributed by atoms with E-state index in [1.807, 2.05) is 18.2 Å². The molecule has 0 fully saturated rings. The maximum atomic E-state index is 12.5. The van der Waals surface area contributed by atoms with Crippen LogP contribution in [-0.4, -0.2) is 15.9 Å². The highest BCUT2D eigenvalue weighted by Crippen LogP contribution is 2.29. The fraction of sp³-hybridized carbons (Fsp3) is 0.421. The average molecular weight is 357 g/mol. The number of benzene rings is 1. The molecule has 0 aliphatic heterocycles. The summed E-state index contributed by atoms with van der Waals surface area (Å²) >= 11 is 1.42. The molecule has 1 N–H and O–H groups in total. The summed E-state index contributed by atoms with van der Waals surface area (Å²) in [7, 11) is 0. The molecule has 25 heavy (non-hydrogen) atoms. The van der Waals surface area contributed by atoms with E-state index in [4.69, 9.17) is 4.42 Å². The van der Waals surface area contributed by atoms with Crippen LogP contribution in [0.3, 0.4) is 0 Å². The normalized spacial score (nSPS) is 12.6. The Labute approximate surface area is 151 Å². The van der Waals surface area contributed by atoms with Gasteiger partial charge in [-0.3, -0.25) is 4.79 Å². The van der Waals surface area contributed by atoms with Crippen LogP contribution >= 0.6 is 11.3 Å². The summed E-state index contributed by atoms with van der Waals surface area (Å²) in [6.45, 7) is 12.4. The van der Waals surface area contributed by atoms with Crippen LogP contribution in [0.15, 0.2) is 28.8 Å². The molecular weight excluding hydrogens is 334 g/mol. The predicted octanol–water partition coefficient (Wildman–Crippen LogP) is 5.13. The standard InChI is InChI=1S/C19H23N3O2S/c1-18(2,3)16-22-12-9-11(7-8-13(12)24-16)21-15(23)14-10-20-17(25-14)19(4,5)6/h7-10H,1-6H3,(H,21,23). The Kier molecular flexibility index (Phi) is 4.19. The van der Waals surface area contributed by atoms with Gasteiger partial charge in [0.05, 0.1) is 11.2 Å². The van der Waals surface area contributed by atoms with E-state index in [9.17, 15) is 4.79 Å². The fourth-order valence-electron chi connectivity index (χ4n) is 2.24. The number of anilines is 1. The van der Waals surface area contributed by atoms with E-state index < -0.39 is 0 Å². The minimum Gasteiger partial charge on any atom is -0.440 e. The van der Waals surface area contributed by atoms with Gasteiger partial charge < -0.3 is 9.73 Å². The monoisotopic (exact) mass is 357 g/mol. The molecule has 0 bridgehead atoms. The molecule has 2 aromatic heterocycles. The highest BCUT2D eigenvalue weighted by atomic mass is 32.1. The van der Waals surface area contributed by atoms with Crippen LogP contribution in [-0.2, 0) is 10.8 Å². The zero-order valence-corrected chi connectivity index (χ0v) is 16.2. The van der Waals surface area contributed by atoms with Crippen molar-refractivity contribution in [1.29, 1.82) is 0 Å². The van der Waals surface area contributed by atoms with Gasteiger partial charge in [0, 0.05) is 16.5 Å². The van der Waals surface area contributed by atoms with E-state index >= 15 is 0 Å². The van der Waals surface area contributed by atoms with Crippen LogP contribution in [0.5, 0.6) is 0 Å². The topological polar surface area (TPSA) is 68.0 Å². The maximum absolute atomic E-state index is 12.5. The van der Waals surface area contributed by atoms with Gasteiger partial charge in [0.2, 0.25) is 5.89 Å². The van der Waals surface area contributed by atoms with Crippen LogP contribution in [0.2, 0.25) is 0 Å². The largest absolute Gasteiger partial charge is 0.440 e. The second-order valence-electron chi connectivity index (χ2n) is 8.19. The molecule has 0 atom stereocenters. The first-order valence-electron chi connectivity index (χ1n) is 8.23. The first kappa shape index (κ1) is 17.6. The molecular formula is C19H23N3O2S. The van der Waals surface area contributed by atoms with Crippen molar-refractivity contribution < 1.29 is 9.21 Å². The van der Waals surface area contributed by atoms with Gasteiger partial charge in [0.25, 0.3) is 5.91 Å². The predicted molar refractivity (Wildman–Crippen MR) is 101 cm³/mol. The summed E-state index contributed by atoms with van der Waals surface area (Å²) in [4.78, 5) is 22.0. The number of hydrogen-bond donors (Lipinski definition) is 1. The Bertz CT molecular complexity index is 926. The third kappa shape index (κ3) is 3.74. The lowest BCUT2D eigenvalue weighted by Gasteiger charge is -2.13. The van der Waals surface area contributed by atoms with Crippen molar-refractivity contribution in [3.63, 3.8) is 0 Å². The lowest BCUT2D eigenvalue weighted by atomic mass is 9.97. The zero-order chi connectivity index (χ0) is 18.4. The third-order valence-electron chi connectivity index (χ3n) is 3.66. The van der Waals surface area contributed by atoms with E-state index in [0.29, 0.717) is 16.5 Å². The molecule has 0 unspecified atom stereocenters. The molecule has 0 saturated carbocycles. The molecule has 0 aliphatic carbocycles. The summed E-state index contributed by atoms with van der Waals surface area (Å²) < 4.78 is 5.79. The Morgan fingerprint density at radius 2 is 1.84 bits per heavy atom. The first-order valence-corrected chi connectivity index (χ1v) is 9.04.